The van der Waals surface area contributed by atoms with Gasteiger partial charge in [0.25, 0.3) is 0 Å². The van der Waals surface area contributed by atoms with Crippen molar-refractivity contribution in [2.45, 2.75) is 51.5 Å². The number of aliphatic hydroxyl groups is 1. The van der Waals surface area contributed by atoms with Crippen LogP contribution in [-0.4, -0.2) is 59.6 Å². The molecule has 1 heterocycles. The van der Waals surface area contributed by atoms with E-state index >= 15 is 0 Å². The molecule has 5 unspecified atom stereocenters. The Kier molecular flexibility index (Phi) is 6.38. The zero-order chi connectivity index (χ0) is 16.2. The highest BCUT2D eigenvalue weighted by molar-refractivity contribution is 6.18. The van der Waals surface area contributed by atoms with Crippen LogP contribution in [0.15, 0.2) is 0 Å². The number of hydrogen-bond donors (Lipinski definition) is 1. The second-order valence-electron chi connectivity index (χ2n) is 4.44. The normalized spacial score (nSPS) is 32.1. The molecule has 1 saturated heterocycles. The molecule has 120 valence electrons. The Labute approximate surface area is 126 Å². The summed E-state index contributed by atoms with van der Waals surface area (Å²) in [5, 5.41) is 9.86. The SMILES string of the molecule is CC(=O)OC1C(O)OC(CCl)C(OC(C)=O)C1OC(C)=O. The highest BCUT2D eigenvalue weighted by Gasteiger charge is 2.51. The fourth-order valence-electron chi connectivity index (χ4n) is 2.00. The van der Waals surface area contributed by atoms with Gasteiger partial charge in [-0.05, 0) is 0 Å². The van der Waals surface area contributed by atoms with Gasteiger partial charge in [0.05, 0.1) is 5.88 Å². The maximum atomic E-state index is 11.2. The average molecular weight is 325 g/mol. The lowest BCUT2D eigenvalue weighted by Crippen LogP contribution is -2.61. The summed E-state index contributed by atoms with van der Waals surface area (Å²) >= 11 is 5.70. The summed E-state index contributed by atoms with van der Waals surface area (Å²) in [6.07, 6.45) is -6.12. The van der Waals surface area contributed by atoms with E-state index in [0.29, 0.717) is 0 Å². The Morgan fingerprint density at radius 2 is 1.38 bits per heavy atom. The standard InChI is InChI=1S/C12H17ClO8/c1-5(14)18-9-8(4-13)21-12(17)11(20-7(3)16)10(9)19-6(2)15/h8-12,17H,4H2,1-3H3. The van der Waals surface area contributed by atoms with Crippen LogP contribution in [0.5, 0.6) is 0 Å². The number of esters is 3. The molecule has 1 aliphatic rings. The predicted molar refractivity (Wildman–Crippen MR) is 68.3 cm³/mol. The number of halogens is 1. The van der Waals surface area contributed by atoms with Gasteiger partial charge in [-0.2, -0.15) is 0 Å². The third kappa shape index (κ3) is 4.83. The molecule has 0 aromatic heterocycles. The maximum Gasteiger partial charge on any atom is 0.303 e. The van der Waals surface area contributed by atoms with E-state index in [1.807, 2.05) is 0 Å². The average Bonchev–Trinajstić information content (AvgIpc) is 2.35. The van der Waals surface area contributed by atoms with Gasteiger partial charge in [-0.1, -0.05) is 0 Å². The minimum Gasteiger partial charge on any atom is -0.456 e. The van der Waals surface area contributed by atoms with E-state index < -0.39 is 48.6 Å². The molecule has 0 saturated carbocycles. The number of hydrogen-bond acceptors (Lipinski definition) is 8. The molecule has 0 aliphatic carbocycles. The van der Waals surface area contributed by atoms with E-state index in [0.717, 1.165) is 20.8 Å². The molecule has 9 heteroatoms. The summed E-state index contributed by atoms with van der Waals surface area (Å²) in [6.45, 7) is 3.40. The highest BCUT2D eigenvalue weighted by atomic mass is 35.5. The van der Waals surface area contributed by atoms with Gasteiger partial charge in [-0.15, -0.1) is 11.6 Å². The molecule has 0 amide bonds. The van der Waals surface area contributed by atoms with E-state index in [9.17, 15) is 19.5 Å². The highest BCUT2D eigenvalue weighted by Crippen LogP contribution is 2.28. The molecule has 0 aromatic carbocycles. The summed E-state index contributed by atoms with van der Waals surface area (Å²) < 4.78 is 20.1. The van der Waals surface area contributed by atoms with E-state index in [1.165, 1.54) is 0 Å². The first-order valence-electron chi connectivity index (χ1n) is 6.17. The van der Waals surface area contributed by atoms with Crippen molar-refractivity contribution in [3.05, 3.63) is 0 Å². The number of ether oxygens (including phenoxy) is 4. The molecule has 1 fully saturated rings. The predicted octanol–water partition coefficient (Wildman–Crippen LogP) is -0.263. The summed E-state index contributed by atoms with van der Waals surface area (Å²) in [7, 11) is 0. The number of carbonyl (C=O) groups excluding carboxylic acids is 3. The lowest BCUT2D eigenvalue weighted by atomic mass is 9.99. The summed E-state index contributed by atoms with van der Waals surface area (Å²) in [4.78, 5) is 33.5. The fraction of sp³-hybridized carbons (Fsp3) is 0.750. The number of aliphatic hydroxyl groups excluding tert-OH is 1. The van der Waals surface area contributed by atoms with Crippen molar-refractivity contribution in [1.29, 1.82) is 0 Å². The number of carbonyl (C=O) groups is 3. The Hall–Kier alpha value is -1.38. The van der Waals surface area contributed by atoms with Crippen LogP contribution in [0.3, 0.4) is 0 Å². The number of rotatable bonds is 4. The van der Waals surface area contributed by atoms with Gasteiger partial charge in [-0.3, -0.25) is 14.4 Å². The van der Waals surface area contributed by atoms with E-state index in [1.54, 1.807) is 0 Å². The molecule has 0 spiro atoms. The molecule has 0 radical (unpaired) electrons. The van der Waals surface area contributed by atoms with Crippen LogP contribution in [0.4, 0.5) is 0 Å². The van der Waals surface area contributed by atoms with Crippen LogP contribution >= 0.6 is 11.6 Å². The Balaban J connectivity index is 3.08. The van der Waals surface area contributed by atoms with Crippen molar-refractivity contribution in [1.82, 2.24) is 0 Å². The van der Waals surface area contributed by atoms with Crippen LogP contribution < -0.4 is 0 Å². The Bertz CT molecular complexity index is 412. The van der Waals surface area contributed by atoms with Crippen LogP contribution in [0, 0.1) is 0 Å². The largest absolute Gasteiger partial charge is 0.456 e. The van der Waals surface area contributed by atoms with Crippen molar-refractivity contribution < 1.29 is 38.4 Å². The van der Waals surface area contributed by atoms with Crippen molar-refractivity contribution >= 4 is 29.5 Å². The molecule has 1 N–H and O–H groups in total. The molecule has 1 aliphatic heterocycles. The molecule has 21 heavy (non-hydrogen) atoms. The quantitative estimate of drug-likeness (QED) is 0.428. The zero-order valence-electron chi connectivity index (χ0n) is 11.8. The van der Waals surface area contributed by atoms with Gasteiger partial charge < -0.3 is 24.1 Å². The van der Waals surface area contributed by atoms with Crippen LogP contribution in [0.25, 0.3) is 0 Å². The molecule has 0 aromatic rings. The second kappa shape index (κ2) is 7.58. The minimum atomic E-state index is -1.56. The van der Waals surface area contributed by atoms with Crippen LogP contribution in [0.1, 0.15) is 20.8 Å². The number of alkyl halides is 1. The lowest BCUT2D eigenvalue weighted by molar-refractivity contribution is -0.287. The Morgan fingerprint density at radius 1 is 0.952 bits per heavy atom. The summed E-state index contributed by atoms with van der Waals surface area (Å²) in [5.74, 6) is -2.20. The van der Waals surface area contributed by atoms with Crippen molar-refractivity contribution in [3.63, 3.8) is 0 Å². The topological polar surface area (TPSA) is 108 Å². The summed E-state index contributed by atoms with van der Waals surface area (Å²) in [6, 6.07) is 0. The minimum absolute atomic E-state index is 0.125. The fourth-order valence-corrected chi connectivity index (χ4v) is 2.24. The van der Waals surface area contributed by atoms with Crippen LogP contribution in [-0.2, 0) is 33.3 Å². The molecular formula is C12H17ClO8. The molecule has 8 nitrogen and oxygen atoms in total. The second-order valence-corrected chi connectivity index (χ2v) is 4.75. The third-order valence-electron chi connectivity index (χ3n) is 2.67. The van der Waals surface area contributed by atoms with E-state index in [4.69, 9.17) is 30.5 Å². The van der Waals surface area contributed by atoms with Gasteiger partial charge in [0.2, 0.25) is 0 Å². The van der Waals surface area contributed by atoms with Gasteiger partial charge in [0, 0.05) is 20.8 Å². The third-order valence-corrected chi connectivity index (χ3v) is 2.97. The van der Waals surface area contributed by atoms with Crippen LogP contribution in [0.2, 0.25) is 0 Å². The van der Waals surface area contributed by atoms with Crippen molar-refractivity contribution in [2.24, 2.45) is 0 Å². The first kappa shape index (κ1) is 17.7. The molecule has 0 bridgehead atoms. The molecule has 1 rings (SSSR count). The first-order valence-corrected chi connectivity index (χ1v) is 6.70. The molecular weight excluding hydrogens is 308 g/mol. The molecule has 5 atom stereocenters. The van der Waals surface area contributed by atoms with Gasteiger partial charge >= 0.3 is 17.9 Å². The van der Waals surface area contributed by atoms with Gasteiger partial charge in [0.15, 0.2) is 24.6 Å². The smallest absolute Gasteiger partial charge is 0.303 e. The van der Waals surface area contributed by atoms with Gasteiger partial charge in [-0.25, -0.2) is 0 Å². The summed E-state index contributed by atoms with van der Waals surface area (Å²) in [5.41, 5.74) is 0. The Morgan fingerprint density at radius 3 is 1.81 bits per heavy atom. The first-order chi connectivity index (χ1) is 9.76. The van der Waals surface area contributed by atoms with E-state index in [-0.39, 0.29) is 5.88 Å². The van der Waals surface area contributed by atoms with Crippen molar-refractivity contribution in [3.8, 4) is 0 Å². The lowest BCUT2D eigenvalue weighted by Gasteiger charge is -2.42. The van der Waals surface area contributed by atoms with Crippen molar-refractivity contribution in [2.75, 3.05) is 5.88 Å². The zero-order valence-corrected chi connectivity index (χ0v) is 12.5. The maximum absolute atomic E-state index is 11.2. The monoisotopic (exact) mass is 324 g/mol. The van der Waals surface area contributed by atoms with E-state index in [2.05, 4.69) is 0 Å². The van der Waals surface area contributed by atoms with Gasteiger partial charge in [0.1, 0.15) is 6.10 Å².